The number of halogens is 1. The van der Waals surface area contributed by atoms with E-state index in [1.807, 2.05) is 5.38 Å². The zero-order chi connectivity index (χ0) is 9.64. The number of hydrogen-bond donors (Lipinski definition) is 0. The summed E-state index contributed by atoms with van der Waals surface area (Å²) in [6, 6.07) is 2.08. The summed E-state index contributed by atoms with van der Waals surface area (Å²) in [6.07, 6.45) is 0. The van der Waals surface area contributed by atoms with Gasteiger partial charge in [-0.1, -0.05) is 13.8 Å². The minimum atomic E-state index is -0.193. The Morgan fingerprint density at radius 1 is 1.62 bits per heavy atom. The van der Waals surface area contributed by atoms with Crippen molar-refractivity contribution in [3.63, 3.8) is 0 Å². The molecule has 1 nitrogen and oxygen atoms in total. The van der Waals surface area contributed by atoms with E-state index >= 15 is 0 Å². The second-order valence-corrected chi connectivity index (χ2v) is 5.29. The van der Waals surface area contributed by atoms with Gasteiger partial charge >= 0.3 is 0 Å². The van der Waals surface area contributed by atoms with Gasteiger partial charge in [-0.05, 0) is 39.4 Å². The van der Waals surface area contributed by atoms with E-state index in [0.29, 0.717) is 5.92 Å². The van der Waals surface area contributed by atoms with Gasteiger partial charge in [-0.2, -0.15) is 11.3 Å². The molecular weight excluding hydrogens is 204 g/mol. The zero-order valence-electron chi connectivity index (χ0n) is 7.58. The molecule has 1 fully saturated rings. The third-order valence-corrected chi connectivity index (χ3v) is 3.91. The molecule has 0 radical (unpaired) electrons. The van der Waals surface area contributed by atoms with Gasteiger partial charge in [0.25, 0.3) is 0 Å². The lowest BCUT2D eigenvalue weighted by Crippen LogP contribution is -1.96. The number of hydrogen-bond acceptors (Lipinski definition) is 2. The highest BCUT2D eigenvalue weighted by atomic mass is 35.5. The molecule has 70 valence electrons. The third-order valence-electron chi connectivity index (χ3n) is 2.97. The second-order valence-electron chi connectivity index (χ2n) is 4.14. The van der Waals surface area contributed by atoms with Crippen molar-refractivity contribution in [3.05, 3.63) is 22.4 Å². The molecule has 0 spiro atoms. The van der Waals surface area contributed by atoms with Crippen LogP contribution < -0.4 is 0 Å². The Morgan fingerprint density at radius 2 is 2.31 bits per heavy atom. The van der Waals surface area contributed by atoms with Gasteiger partial charge in [-0.3, -0.25) is 4.79 Å². The van der Waals surface area contributed by atoms with Crippen molar-refractivity contribution in [1.29, 1.82) is 0 Å². The van der Waals surface area contributed by atoms with Crippen LogP contribution in [0, 0.1) is 11.3 Å². The van der Waals surface area contributed by atoms with Crippen LogP contribution in [0.5, 0.6) is 0 Å². The van der Waals surface area contributed by atoms with E-state index in [-0.39, 0.29) is 16.6 Å². The van der Waals surface area contributed by atoms with Crippen molar-refractivity contribution in [1.82, 2.24) is 0 Å². The van der Waals surface area contributed by atoms with Crippen LogP contribution in [0.3, 0.4) is 0 Å². The van der Waals surface area contributed by atoms with E-state index in [4.69, 9.17) is 11.6 Å². The lowest BCUT2D eigenvalue weighted by Gasteiger charge is -1.98. The largest absolute Gasteiger partial charge is 0.281 e. The van der Waals surface area contributed by atoms with Crippen LogP contribution in [0.15, 0.2) is 16.8 Å². The van der Waals surface area contributed by atoms with Crippen molar-refractivity contribution >= 4 is 28.2 Å². The van der Waals surface area contributed by atoms with Gasteiger partial charge in [0.15, 0.2) is 0 Å². The van der Waals surface area contributed by atoms with Crippen LogP contribution in [0.1, 0.15) is 25.3 Å². The van der Waals surface area contributed by atoms with Crippen LogP contribution in [0.25, 0.3) is 0 Å². The first-order valence-corrected chi connectivity index (χ1v) is 5.58. The van der Waals surface area contributed by atoms with Crippen molar-refractivity contribution < 1.29 is 4.79 Å². The molecule has 0 bridgehead atoms. The number of thiophene rings is 1. The summed E-state index contributed by atoms with van der Waals surface area (Å²) in [4.78, 5) is 11.1. The maximum absolute atomic E-state index is 11.1. The van der Waals surface area contributed by atoms with Gasteiger partial charge in [-0.15, -0.1) is 0 Å². The average molecular weight is 215 g/mol. The van der Waals surface area contributed by atoms with Crippen LogP contribution in [0.2, 0.25) is 0 Å². The lowest BCUT2D eigenvalue weighted by atomic mass is 10.1. The molecular formula is C10H11ClOS. The van der Waals surface area contributed by atoms with Gasteiger partial charge in [0, 0.05) is 11.8 Å². The molecule has 1 aromatic heterocycles. The summed E-state index contributed by atoms with van der Waals surface area (Å²) in [6.45, 7) is 4.20. The topological polar surface area (TPSA) is 17.1 Å². The smallest absolute Gasteiger partial charge is 0.225 e. The highest BCUT2D eigenvalue weighted by Crippen LogP contribution is 2.65. The fraction of sp³-hybridized carbons (Fsp3) is 0.500. The quantitative estimate of drug-likeness (QED) is 0.691. The molecule has 2 rings (SSSR count). The molecule has 2 atom stereocenters. The predicted molar refractivity (Wildman–Crippen MR) is 55.2 cm³/mol. The van der Waals surface area contributed by atoms with Gasteiger partial charge in [0.05, 0.1) is 0 Å². The highest BCUT2D eigenvalue weighted by molar-refractivity contribution is 7.08. The van der Waals surface area contributed by atoms with Gasteiger partial charge in [-0.25, -0.2) is 0 Å². The van der Waals surface area contributed by atoms with Crippen LogP contribution >= 0.6 is 22.9 Å². The average Bonchev–Trinajstić information content (AvgIpc) is 2.50. The summed E-state index contributed by atoms with van der Waals surface area (Å²) in [5, 5.41) is 3.95. The minimum absolute atomic E-state index is 0.0174. The van der Waals surface area contributed by atoms with Crippen LogP contribution in [0.4, 0.5) is 0 Å². The molecule has 13 heavy (non-hydrogen) atoms. The number of carbonyl (C=O) groups excluding carboxylic acids is 1. The van der Waals surface area contributed by atoms with Gasteiger partial charge in [0.2, 0.25) is 5.24 Å². The Labute approximate surface area is 86.7 Å². The first-order valence-electron chi connectivity index (χ1n) is 4.26. The normalized spacial score (nSPS) is 30.1. The standard InChI is InChI=1S/C10H11ClOS/c1-10(2)7(8(10)9(11)12)6-3-4-13-5-6/h3-5,7-8H,1-2H3/t7-,8+/m0/s1. The maximum atomic E-state index is 11.1. The van der Waals surface area contributed by atoms with Gasteiger partial charge < -0.3 is 0 Å². The van der Waals surface area contributed by atoms with Crippen LogP contribution in [-0.2, 0) is 4.79 Å². The van der Waals surface area contributed by atoms with E-state index in [2.05, 4.69) is 25.3 Å². The fourth-order valence-corrected chi connectivity index (χ4v) is 3.24. The van der Waals surface area contributed by atoms with Crippen LogP contribution in [-0.4, -0.2) is 5.24 Å². The SMILES string of the molecule is CC1(C)[C@@H](C(=O)Cl)[C@@H]1c1ccsc1. The second kappa shape index (κ2) is 2.82. The molecule has 1 heterocycles. The molecule has 3 heteroatoms. The fourth-order valence-electron chi connectivity index (χ4n) is 2.14. The third kappa shape index (κ3) is 1.32. The van der Waals surface area contributed by atoms with Crippen molar-refractivity contribution in [2.24, 2.45) is 11.3 Å². The molecule has 0 amide bonds. The summed E-state index contributed by atoms with van der Waals surface area (Å²) in [7, 11) is 0. The molecule has 1 aliphatic rings. The maximum Gasteiger partial charge on any atom is 0.225 e. The molecule has 0 unspecified atom stereocenters. The first-order chi connectivity index (χ1) is 6.05. The van der Waals surface area contributed by atoms with Gasteiger partial charge in [0.1, 0.15) is 0 Å². The summed E-state index contributed by atoms with van der Waals surface area (Å²) in [5.41, 5.74) is 1.31. The summed E-state index contributed by atoms with van der Waals surface area (Å²) >= 11 is 7.20. The molecule has 0 N–H and O–H groups in total. The highest BCUT2D eigenvalue weighted by Gasteiger charge is 2.61. The van der Waals surface area contributed by atoms with Crippen molar-refractivity contribution in [2.75, 3.05) is 0 Å². The molecule has 1 aliphatic carbocycles. The summed E-state index contributed by atoms with van der Waals surface area (Å²) < 4.78 is 0. The Hall–Kier alpha value is -0.340. The Balaban J connectivity index is 2.25. The monoisotopic (exact) mass is 214 g/mol. The Bertz CT molecular complexity index is 329. The zero-order valence-corrected chi connectivity index (χ0v) is 9.15. The van der Waals surface area contributed by atoms with E-state index in [1.54, 1.807) is 11.3 Å². The first kappa shape index (κ1) is 9.22. The molecule has 1 saturated carbocycles. The number of rotatable bonds is 2. The van der Waals surface area contributed by atoms with E-state index < -0.39 is 0 Å². The van der Waals surface area contributed by atoms with E-state index in [0.717, 1.165) is 0 Å². The number of carbonyl (C=O) groups is 1. The van der Waals surface area contributed by atoms with E-state index in [1.165, 1.54) is 5.56 Å². The summed E-state index contributed by atoms with van der Waals surface area (Å²) in [5.74, 6) is 0.354. The Morgan fingerprint density at radius 3 is 2.69 bits per heavy atom. The van der Waals surface area contributed by atoms with Crippen molar-refractivity contribution in [3.8, 4) is 0 Å². The molecule has 1 aromatic rings. The minimum Gasteiger partial charge on any atom is -0.281 e. The molecule has 0 aliphatic heterocycles. The van der Waals surface area contributed by atoms with Crippen molar-refractivity contribution in [2.45, 2.75) is 19.8 Å². The predicted octanol–water partition coefficient (Wildman–Crippen LogP) is 3.25. The molecule has 0 aromatic carbocycles. The molecule has 0 saturated heterocycles. The van der Waals surface area contributed by atoms with E-state index in [9.17, 15) is 4.79 Å². The lowest BCUT2D eigenvalue weighted by molar-refractivity contribution is -0.113. The Kier molecular flexibility index (Phi) is 2.00.